The molecule has 0 unspecified atom stereocenters. The molecule has 0 amide bonds. The summed E-state index contributed by atoms with van der Waals surface area (Å²) >= 11 is 0.950. The van der Waals surface area contributed by atoms with Gasteiger partial charge in [-0.1, -0.05) is 0 Å². The lowest BCUT2D eigenvalue weighted by Gasteiger charge is -2.02. The fourth-order valence-electron chi connectivity index (χ4n) is 1.25. The van der Waals surface area contributed by atoms with Crippen molar-refractivity contribution in [2.75, 3.05) is 0 Å². The number of aryl methyl sites for hydroxylation is 1. The van der Waals surface area contributed by atoms with Crippen molar-refractivity contribution in [3.63, 3.8) is 0 Å². The fraction of sp³-hybridized carbons (Fsp3) is 0.100. The quantitative estimate of drug-likeness (QED) is 0.786. The molecule has 8 heteroatoms. The number of hydrogen-bond donors (Lipinski definition) is 2. The molecule has 0 aliphatic carbocycles. The molecule has 2 rings (SSSR count). The van der Waals surface area contributed by atoms with Crippen LogP contribution in [-0.4, -0.2) is 31.2 Å². The molecule has 2 heterocycles. The lowest BCUT2D eigenvalue weighted by Crippen LogP contribution is -2.09. The second-order valence-electron chi connectivity index (χ2n) is 3.35. The van der Waals surface area contributed by atoms with Crippen molar-refractivity contribution in [3.8, 4) is 0 Å². The molecule has 2 N–H and O–H groups in total. The predicted molar refractivity (Wildman–Crippen MR) is 62.7 cm³/mol. The third-order valence-electron chi connectivity index (χ3n) is 1.96. The molecule has 0 aromatic carbocycles. The molecule has 7 nitrogen and oxygen atoms in total. The topological polar surface area (TPSA) is 109 Å². The summed E-state index contributed by atoms with van der Waals surface area (Å²) in [5.41, 5.74) is 0.256. The molecular formula is C10H8N4O3S. The Morgan fingerprint density at radius 1 is 1.50 bits per heavy atom. The van der Waals surface area contributed by atoms with Crippen LogP contribution in [0.4, 0.5) is 0 Å². The van der Waals surface area contributed by atoms with Crippen LogP contribution in [0.15, 0.2) is 33.3 Å². The minimum Gasteiger partial charge on any atom is -0.478 e. The number of aromatic nitrogens is 4. The van der Waals surface area contributed by atoms with E-state index in [1.807, 2.05) is 0 Å². The fourth-order valence-corrected chi connectivity index (χ4v) is 2.13. The molecule has 0 spiro atoms. The van der Waals surface area contributed by atoms with Gasteiger partial charge in [-0.15, -0.1) is 5.10 Å². The highest BCUT2D eigenvalue weighted by Crippen LogP contribution is 2.24. The summed E-state index contributed by atoms with van der Waals surface area (Å²) in [5.74, 6) is -1.11. The van der Waals surface area contributed by atoms with Crippen molar-refractivity contribution in [1.29, 1.82) is 0 Å². The van der Waals surface area contributed by atoms with E-state index in [1.165, 1.54) is 18.3 Å². The van der Waals surface area contributed by atoms with Crippen molar-refractivity contribution >= 4 is 17.7 Å². The molecule has 0 saturated heterocycles. The minimum absolute atomic E-state index is 0.0131. The maximum atomic E-state index is 11.3. The van der Waals surface area contributed by atoms with E-state index in [1.54, 1.807) is 6.92 Å². The van der Waals surface area contributed by atoms with Gasteiger partial charge in [0.25, 0.3) is 5.56 Å². The van der Waals surface area contributed by atoms with Crippen molar-refractivity contribution in [1.82, 2.24) is 20.2 Å². The molecule has 2 aromatic heterocycles. The highest BCUT2D eigenvalue weighted by Gasteiger charge is 2.14. The van der Waals surface area contributed by atoms with Crippen LogP contribution in [0.5, 0.6) is 0 Å². The van der Waals surface area contributed by atoms with Crippen LogP contribution >= 0.6 is 11.8 Å². The SMILES string of the molecule is Cc1cc(=O)[nH]c(Sc2nnccc2C(=O)O)n1. The Morgan fingerprint density at radius 3 is 2.94 bits per heavy atom. The van der Waals surface area contributed by atoms with Gasteiger partial charge in [0, 0.05) is 11.8 Å². The zero-order valence-corrected chi connectivity index (χ0v) is 10.1. The smallest absolute Gasteiger partial charge is 0.338 e. The van der Waals surface area contributed by atoms with Gasteiger partial charge >= 0.3 is 5.97 Å². The van der Waals surface area contributed by atoms with Gasteiger partial charge < -0.3 is 10.1 Å². The van der Waals surface area contributed by atoms with E-state index in [2.05, 4.69) is 20.2 Å². The van der Waals surface area contributed by atoms with Crippen molar-refractivity contribution in [2.45, 2.75) is 17.1 Å². The van der Waals surface area contributed by atoms with Crippen LogP contribution in [0.3, 0.4) is 0 Å². The number of nitrogens with one attached hydrogen (secondary N) is 1. The van der Waals surface area contributed by atoms with Gasteiger partial charge in [0.15, 0.2) is 5.16 Å². The molecule has 2 aromatic rings. The number of carboxylic acids is 1. The van der Waals surface area contributed by atoms with E-state index in [4.69, 9.17) is 5.11 Å². The van der Waals surface area contributed by atoms with Gasteiger partial charge in [-0.05, 0) is 24.8 Å². The molecule has 0 aliphatic heterocycles. The monoisotopic (exact) mass is 264 g/mol. The van der Waals surface area contributed by atoms with Crippen LogP contribution in [0, 0.1) is 6.92 Å². The first-order chi connectivity index (χ1) is 8.56. The molecule has 18 heavy (non-hydrogen) atoms. The van der Waals surface area contributed by atoms with Gasteiger partial charge in [-0.2, -0.15) is 5.10 Å². The normalized spacial score (nSPS) is 10.3. The third-order valence-corrected chi connectivity index (χ3v) is 2.84. The maximum Gasteiger partial charge on any atom is 0.338 e. The zero-order valence-electron chi connectivity index (χ0n) is 9.25. The maximum absolute atomic E-state index is 11.3. The van der Waals surface area contributed by atoms with Gasteiger partial charge in [0.05, 0.1) is 11.8 Å². The minimum atomic E-state index is -1.11. The predicted octanol–water partition coefficient (Wildman–Crippen LogP) is 0.718. The number of aromatic amines is 1. The summed E-state index contributed by atoms with van der Waals surface area (Å²) in [5, 5.41) is 16.8. The van der Waals surface area contributed by atoms with Crippen LogP contribution in [-0.2, 0) is 0 Å². The molecule has 0 fully saturated rings. The van der Waals surface area contributed by atoms with Crippen LogP contribution in [0.25, 0.3) is 0 Å². The molecular weight excluding hydrogens is 256 g/mol. The number of carbonyl (C=O) groups is 1. The molecule has 0 atom stereocenters. The number of H-pyrrole nitrogens is 1. The summed E-state index contributed by atoms with van der Waals surface area (Å²) < 4.78 is 0. The van der Waals surface area contributed by atoms with E-state index in [0.29, 0.717) is 5.69 Å². The standard InChI is InChI=1S/C10H8N4O3S/c1-5-4-7(15)13-10(12-5)18-8-6(9(16)17)2-3-11-14-8/h2-4H,1H3,(H,16,17)(H,12,13,15). The number of carboxylic acid groups (broad SMARTS) is 1. The van der Waals surface area contributed by atoms with Gasteiger partial charge in [-0.3, -0.25) is 4.79 Å². The van der Waals surface area contributed by atoms with E-state index in [-0.39, 0.29) is 21.3 Å². The summed E-state index contributed by atoms with van der Waals surface area (Å²) in [7, 11) is 0. The Kier molecular flexibility index (Phi) is 3.38. The second kappa shape index (κ2) is 4.96. The first-order valence-corrected chi connectivity index (χ1v) is 5.68. The van der Waals surface area contributed by atoms with E-state index >= 15 is 0 Å². The Morgan fingerprint density at radius 2 is 2.28 bits per heavy atom. The molecule has 0 aliphatic rings. The van der Waals surface area contributed by atoms with Crippen molar-refractivity contribution < 1.29 is 9.90 Å². The first kappa shape index (κ1) is 12.2. The lowest BCUT2D eigenvalue weighted by molar-refractivity contribution is 0.0692. The number of nitrogens with zero attached hydrogens (tertiary/aromatic N) is 3. The first-order valence-electron chi connectivity index (χ1n) is 4.87. The highest BCUT2D eigenvalue weighted by atomic mass is 32.2. The van der Waals surface area contributed by atoms with E-state index in [9.17, 15) is 9.59 Å². The molecule has 0 radical (unpaired) electrons. The summed E-state index contributed by atoms with van der Waals surface area (Å²) in [4.78, 5) is 28.8. The Bertz CT molecular complexity index is 656. The van der Waals surface area contributed by atoms with Gasteiger partial charge in [0.2, 0.25) is 0 Å². The van der Waals surface area contributed by atoms with Crippen molar-refractivity contribution in [2.24, 2.45) is 0 Å². The van der Waals surface area contributed by atoms with Crippen LogP contribution < -0.4 is 5.56 Å². The second-order valence-corrected chi connectivity index (χ2v) is 4.33. The summed E-state index contributed by atoms with van der Waals surface area (Å²) in [6.07, 6.45) is 1.29. The Balaban J connectivity index is 2.40. The highest BCUT2D eigenvalue weighted by molar-refractivity contribution is 7.99. The zero-order chi connectivity index (χ0) is 13.1. The number of hydrogen-bond acceptors (Lipinski definition) is 6. The summed E-state index contributed by atoms with van der Waals surface area (Å²) in [6.45, 7) is 1.67. The lowest BCUT2D eigenvalue weighted by atomic mass is 10.3. The molecule has 92 valence electrons. The average molecular weight is 264 g/mol. The molecule has 0 saturated carbocycles. The number of aromatic carboxylic acids is 1. The summed E-state index contributed by atoms with van der Waals surface area (Å²) in [6, 6.07) is 2.68. The van der Waals surface area contributed by atoms with E-state index < -0.39 is 5.97 Å². The van der Waals surface area contributed by atoms with Crippen LogP contribution in [0.2, 0.25) is 0 Å². The van der Waals surface area contributed by atoms with Crippen LogP contribution in [0.1, 0.15) is 16.1 Å². The largest absolute Gasteiger partial charge is 0.478 e. The average Bonchev–Trinajstić information content (AvgIpc) is 2.27. The van der Waals surface area contributed by atoms with E-state index in [0.717, 1.165) is 11.8 Å². The van der Waals surface area contributed by atoms with Gasteiger partial charge in [0.1, 0.15) is 5.03 Å². The van der Waals surface area contributed by atoms with Crippen molar-refractivity contribution in [3.05, 3.63) is 39.9 Å². The van der Waals surface area contributed by atoms with Gasteiger partial charge in [-0.25, -0.2) is 9.78 Å². The Labute approximate surface area is 105 Å². The molecule has 0 bridgehead atoms. The number of rotatable bonds is 3. The third kappa shape index (κ3) is 2.72. The Hall–Kier alpha value is -2.22.